The van der Waals surface area contributed by atoms with E-state index in [4.69, 9.17) is 18.7 Å². The monoisotopic (exact) mass is 618 g/mol. The molecule has 210 valence electrons. The van der Waals surface area contributed by atoms with Crippen molar-refractivity contribution in [3.8, 4) is 0 Å². The Hall–Kier alpha value is -0.733. The molecule has 0 spiro atoms. The van der Waals surface area contributed by atoms with Gasteiger partial charge in [0.1, 0.15) is 39.9 Å². The Bertz CT molecular complexity index is 942. The maximum absolute atomic E-state index is 13.0. The number of unbranched alkanes of at least 4 members (excludes halogenated alkanes) is 2. The zero-order chi connectivity index (χ0) is 27.1. The number of hydrogen-bond acceptors (Lipinski definition) is 8. The van der Waals surface area contributed by atoms with Gasteiger partial charge in [-0.05, 0) is 55.6 Å². The van der Waals surface area contributed by atoms with Crippen molar-refractivity contribution in [1.82, 2.24) is 19.4 Å². The molecule has 0 saturated carbocycles. The second-order valence-corrected chi connectivity index (χ2v) is 20.1. The summed E-state index contributed by atoms with van der Waals surface area (Å²) >= 11 is 2.39. The van der Waals surface area contributed by atoms with E-state index in [9.17, 15) is 4.55 Å². The van der Waals surface area contributed by atoms with E-state index >= 15 is 0 Å². The second-order valence-electron chi connectivity index (χ2n) is 11.7. The standard InChI is InChI=1S/C25H43BrN4O5SSi/c1-24(2,3)36(31)29-20(23-27-18-22(26)30(23)19-32-16-17-37(4,5)6)10-8-7-9-12-25(33-14-15-34-25)21-11-13-35-28-21/h11,13,18,20,29H,7-10,12,14-17,19H2,1-6H3/t20-,36?/m0/s1. The van der Waals surface area contributed by atoms with Gasteiger partial charge in [0.2, 0.25) is 5.79 Å². The Balaban J connectivity index is 1.61. The number of nitrogens with zero attached hydrogens (tertiary/aromatic N) is 3. The topological polar surface area (TPSA) is 107 Å². The van der Waals surface area contributed by atoms with Crippen molar-refractivity contribution in [3.05, 3.63) is 34.6 Å². The normalized spacial score (nSPS) is 17.8. The number of nitrogens with one attached hydrogen (secondary N) is 1. The molecule has 12 heteroatoms. The molecule has 2 aromatic rings. The molecule has 9 nitrogen and oxygen atoms in total. The molecule has 3 rings (SSSR count). The third-order valence-electron chi connectivity index (χ3n) is 6.25. The van der Waals surface area contributed by atoms with E-state index in [2.05, 4.69) is 50.4 Å². The predicted molar refractivity (Wildman–Crippen MR) is 151 cm³/mol. The van der Waals surface area contributed by atoms with E-state index in [1.807, 2.05) is 25.3 Å². The van der Waals surface area contributed by atoms with Gasteiger partial charge in [0.25, 0.3) is 0 Å². The smallest absolute Gasteiger partial charge is 0.215 e. The lowest BCUT2D eigenvalue weighted by Gasteiger charge is -2.28. The van der Waals surface area contributed by atoms with Crippen LogP contribution in [-0.2, 0) is 38.1 Å². The molecule has 0 amide bonds. The van der Waals surface area contributed by atoms with Crippen molar-refractivity contribution < 1.29 is 23.3 Å². The van der Waals surface area contributed by atoms with Crippen LogP contribution in [0.1, 0.15) is 70.4 Å². The summed E-state index contributed by atoms with van der Waals surface area (Å²) in [5.74, 6) is 0.0197. The average molecular weight is 620 g/mol. The molecule has 3 heterocycles. The molecule has 1 saturated heterocycles. The Morgan fingerprint density at radius 2 is 1.97 bits per heavy atom. The Kier molecular flexibility index (Phi) is 11.3. The lowest BCUT2D eigenvalue weighted by Crippen LogP contribution is -2.42. The second kappa shape index (κ2) is 13.6. The fourth-order valence-electron chi connectivity index (χ4n) is 4.02. The van der Waals surface area contributed by atoms with E-state index in [0.29, 0.717) is 32.1 Å². The van der Waals surface area contributed by atoms with Gasteiger partial charge in [0.15, 0.2) is 0 Å². The van der Waals surface area contributed by atoms with Gasteiger partial charge in [-0.25, -0.2) is 4.98 Å². The van der Waals surface area contributed by atoms with Crippen LogP contribution in [0.15, 0.2) is 27.7 Å². The minimum absolute atomic E-state index is 0.171. The molecule has 0 aliphatic carbocycles. The zero-order valence-electron chi connectivity index (χ0n) is 23.0. The first kappa shape index (κ1) is 30.8. The van der Waals surface area contributed by atoms with Gasteiger partial charge in [-0.1, -0.05) is 37.6 Å². The van der Waals surface area contributed by atoms with Crippen LogP contribution in [0.5, 0.6) is 0 Å². The lowest BCUT2D eigenvalue weighted by atomic mass is 10.0. The van der Waals surface area contributed by atoms with Gasteiger partial charge in [-0.3, -0.25) is 4.57 Å². The third kappa shape index (κ3) is 9.16. The average Bonchev–Trinajstić information content (AvgIpc) is 3.56. The highest BCUT2D eigenvalue weighted by Gasteiger charge is 2.40. The first-order valence-corrected chi connectivity index (χ1v) is 18.7. The van der Waals surface area contributed by atoms with Gasteiger partial charge in [-0.2, -0.15) is 0 Å². The van der Waals surface area contributed by atoms with Crippen LogP contribution < -0.4 is 4.72 Å². The predicted octanol–water partition coefficient (Wildman–Crippen LogP) is 5.89. The maximum Gasteiger partial charge on any atom is 0.215 e. The maximum atomic E-state index is 13.0. The highest BCUT2D eigenvalue weighted by atomic mass is 79.9. The van der Waals surface area contributed by atoms with Crippen molar-refractivity contribution >= 4 is 35.4 Å². The Morgan fingerprint density at radius 3 is 2.59 bits per heavy atom. The van der Waals surface area contributed by atoms with E-state index in [0.717, 1.165) is 48.8 Å². The molecule has 2 atom stereocenters. The van der Waals surface area contributed by atoms with Gasteiger partial charge in [-0.15, -0.1) is 4.72 Å². The molecule has 2 aromatic heterocycles. The van der Waals surface area contributed by atoms with Gasteiger partial charge in [0, 0.05) is 38.5 Å². The van der Waals surface area contributed by atoms with Gasteiger partial charge >= 0.3 is 0 Å². The quantitative estimate of drug-likeness (QED) is 0.150. The largest absolute Gasteiger partial charge is 0.598 e. The van der Waals surface area contributed by atoms with Crippen LogP contribution in [0, 0.1) is 0 Å². The Morgan fingerprint density at radius 1 is 1.24 bits per heavy atom. The first-order valence-electron chi connectivity index (χ1n) is 13.1. The molecule has 1 unspecified atom stereocenters. The van der Waals surface area contributed by atoms with Crippen LogP contribution in [0.4, 0.5) is 0 Å². The van der Waals surface area contributed by atoms with Crippen molar-refractivity contribution in [3.63, 3.8) is 0 Å². The first-order chi connectivity index (χ1) is 17.4. The summed E-state index contributed by atoms with van der Waals surface area (Å²) in [6.07, 6.45) is 7.62. The fourth-order valence-corrected chi connectivity index (χ4v) is 6.00. The number of rotatable bonds is 15. The summed E-state index contributed by atoms with van der Waals surface area (Å²) in [6, 6.07) is 2.74. The van der Waals surface area contributed by atoms with Crippen LogP contribution in [0.2, 0.25) is 25.7 Å². The number of hydrogen-bond donors (Lipinski definition) is 1. The molecule has 37 heavy (non-hydrogen) atoms. The van der Waals surface area contributed by atoms with Crippen molar-refractivity contribution in [2.45, 2.75) is 102 Å². The minimum atomic E-state index is -1.23. The third-order valence-corrected chi connectivity index (χ3v) is 10.2. The Labute approximate surface area is 233 Å². The SMILES string of the molecule is CC(C)(C)[S+]([O-])N[C@@H](CCCCCC1(c2ccon2)OCCO1)c1ncc(Br)n1COCC[Si](C)(C)C. The summed E-state index contributed by atoms with van der Waals surface area (Å²) in [5, 5.41) is 4.05. The minimum Gasteiger partial charge on any atom is -0.598 e. The summed E-state index contributed by atoms with van der Waals surface area (Å²) in [4.78, 5) is 4.67. The fraction of sp³-hybridized carbons (Fsp3) is 0.760. The molecule has 0 radical (unpaired) electrons. The molecule has 1 aliphatic rings. The summed E-state index contributed by atoms with van der Waals surface area (Å²) < 4.78 is 41.8. The van der Waals surface area contributed by atoms with Crippen molar-refractivity contribution in [2.24, 2.45) is 0 Å². The summed E-state index contributed by atoms with van der Waals surface area (Å²) in [7, 11) is -1.17. The molecule has 1 N–H and O–H groups in total. The van der Waals surface area contributed by atoms with Crippen molar-refractivity contribution in [1.29, 1.82) is 0 Å². The summed E-state index contributed by atoms with van der Waals surface area (Å²) in [6.45, 7) is 15.2. The van der Waals surface area contributed by atoms with Crippen LogP contribution in [0.25, 0.3) is 0 Å². The van der Waals surface area contributed by atoms with Gasteiger partial charge in [0.05, 0.1) is 19.4 Å². The van der Waals surface area contributed by atoms with E-state index in [1.165, 1.54) is 0 Å². The van der Waals surface area contributed by atoms with E-state index in [-0.39, 0.29) is 10.8 Å². The molecular weight excluding hydrogens is 576 g/mol. The highest BCUT2D eigenvalue weighted by Crippen LogP contribution is 2.36. The molecule has 0 aromatic carbocycles. The van der Waals surface area contributed by atoms with Crippen LogP contribution in [0.3, 0.4) is 0 Å². The summed E-state index contributed by atoms with van der Waals surface area (Å²) in [5.41, 5.74) is 0.686. The lowest BCUT2D eigenvalue weighted by molar-refractivity contribution is -0.175. The number of ether oxygens (including phenoxy) is 3. The van der Waals surface area contributed by atoms with Crippen LogP contribution >= 0.6 is 15.9 Å². The van der Waals surface area contributed by atoms with Crippen molar-refractivity contribution in [2.75, 3.05) is 19.8 Å². The number of aromatic nitrogens is 3. The molecule has 1 fully saturated rings. The highest BCUT2D eigenvalue weighted by molar-refractivity contribution is 9.10. The molecular formula is C25H43BrN4O5SSi. The van der Waals surface area contributed by atoms with Crippen LogP contribution in [-0.4, -0.2) is 51.9 Å². The molecule has 0 bridgehead atoms. The number of imidazole rings is 1. The number of halogens is 1. The van der Waals surface area contributed by atoms with Gasteiger partial charge < -0.3 is 23.3 Å². The zero-order valence-corrected chi connectivity index (χ0v) is 26.5. The van der Waals surface area contributed by atoms with E-state index in [1.54, 1.807) is 18.5 Å². The molecule has 1 aliphatic heterocycles. The van der Waals surface area contributed by atoms with E-state index < -0.39 is 25.2 Å².